The first-order valence-electron chi connectivity index (χ1n) is 5.04. The summed E-state index contributed by atoms with van der Waals surface area (Å²) >= 11 is 0. The first-order chi connectivity index (χ1) is 7.24. The summed E-state index contributed by atoms with van der Waals surface area (Å²) in [7, 11) is 3.49. The van der Waals surface area contributed by atoms with Crippen LogP contribution >= 0.6 is 0 Å². The second-order valence-corrected chi connectivity index (χ2v) is 3.71. The van der Waals surface area contributed by atoms with Gasteiger partial charge in [-0.05, 0) is 12.0 Å². The van der Waals surface area contributed by atoms with E-state index in [2.05, 4.69) is 11.1 Å². The predicted molar refractivity (Wildman–Crippen MR) is 60.2 cm³/mol. The Kier molecular flexibility index (Phi) is 2.54. The Hall–Kier alpha value is -1.64. The molecule has 0 fully saturated rings. The lowest BCUT2D eigenvalue weighted by Crippen LogP contribution is -2.32. The number of carbonyl (C=O) groups is 1. The largest absolute Gasteiger partial charge is 0.340 e. The van der Waals surface area contributed by atoms with Crippen molar-refractivity contribution in [3.8, 4) is 0 Å². The maximum Gasteiger partial charge on any atom is 0.272 e. The van der Waals surface area contributed by atoms with Crippen LogP contribution in [0.3, 0.4) is 0 Å². The van der Waals surface area contributed by atoms with Gasteiger partial charge in [0.25, 0.3) is 5.91 Å². The molecule has 1 heterocycles. The summed E-state index contributed by atoms with van der Waals surface area (Å²) in [6.07, 6.45) is 0.900. The van der Waals surface area contributed by atoms with Crippen LogP contribution in [0.2, 0.25) is 0 Å². The Morgan fingerprint density at radius 2 is 2.07 bits per heavy atom. The molecule has 1 aromatic rings. The van der Waals surface area contributed by atoms with Gasteiger partial charge in [0, 0.05) is 26.2 Å². The van der Waals surface area contributed by atoms with Crippen molar-refractivity contribution in [1.29, 1.82) is 0 Å². The van der Waals surface area contributed by atoms with Gasteiger partial charge in [-0.25, -0.2) is 0 Å². The van der Waals surface area contributed by atoms with Gasteiger partial charge in [-0.1, -0.05) is 24.3 Å². The Balaban J connectivity index is 2.56. The fourth-order valence-electron chi connectivity index (χ4n) is 1.87. The van der Waals surface area contributed by atoms with Crippen molar-refractivity contribution in [3.05, 3.63) is 35.4 Å². The van der Waals surface area contributed by atoms with Gasteiger partial charge in [-0.2, -0.15) is 0 Å². The summed E-state index contributed by atoms with van der Waals surface area (Å²) in [4.78, 5) is 17.8. The highest BCUT2D eigenvalue weighted by Gasteiger charge is 2.23. The summed E-state index contributed by atoms with van der Waals surface area (Å²) in [6.45, 7) is 0.759. The maximum atomic E-state index is 11.9. The van der Waals surface area contributed by atoms with Crippen LogP contribution in [0.25, 0.3) is 0 Å². The fraction of sp³-hybridized carbons (Fsp3) is 0.333. The van der Waals surface area contributed by atoms with Gasteiger partial charge in [0.05, 0.1) is 0 Å². The number of fused-ring (bicyclic) bond motifs is 1. The number of rotatable bonds is 0. The Bertz CT molecular complexity index is 423. The third-order valence-electron chi connectivity index (χ3n) is 2.76. The van der Waals surface area contributed by atoms with Crippen LogP contribution in [0.5, 0.6) is 0 Å². The van der Waals surface area contributed by atoms with E-state index in [1.54, 1.807) is 11.9 Å². The zero-order valence-electron chi connectivity index (χ0n) is 9.03. The van der Waals surface area contributed by atoms with Gasteiger partial charge in [0.1, 0.15) is 5.71 Å². The van der Waals surface area contributed by atoms with Gasteiger partial charge in [0.15, 0.2) is 0 Å². The molecule has 1 aliphatic rings. The summed E-state index contributed by atoms with van der Waals surface area (Å²) in [6, 6.07) is 7.98. The summed E-state index contributed by atoms with van der Waals surface area (Å²) in [5.41, 5.74) is 2.76. The van der Waals surface area contributed by atoms with Crippen LogP contribution in [0.15, 0.2) is 29.3 Å². The van der Waals surface area contributed by atoms with Crippen molar-refractivity contribution < 1.29 is 4.79 Å². The number of hydrogen-bond acceptors (Lipinski definition) is 2. The van der Waals surface area contributed by atoms with Gasteiger partial charge in [-0.15, -0.1) is 0 Å². The summed E-state index contributed by atoms with van der Waals surface area (Å²) in [5, 5.41) is 0. The van der Waals surface area contributed by atoms with Gasteiger partial charge in [-0.3, -0.25) is 9.79 Å². The zero-order valence-corrected chi connectivity index (χ0v) is 9.03. The van der Waals surface area contributed by atoms with E-state index >= 15 is 0 Å². The van der Waals surface area contributed by atoms with Crippen LogP contribution < -0.4 is 0 Å². The third kappa shape index (κ3) is 1.65. The number of amides is 1. The number of aliphatic imine (C=N–C) groups is 1. The maximum absolute atomic E-state index is 11.9. The number of carbonyl (C=O) groups excluding carboxylic acids is 1. The summed E-state index contributed by atoms with van der Waals surface area (Å²) < 4.78 is 0. The fourth-order valence-corrected chi connectivity index (χ4v) is 1.87. The molecule has 0 aliphatic carbocycles. The molecule has 0 N–H and O–H groups in total. The zero-order chi connectivity index (χ0) is 10.8. The van der Waals surface area contributed by atoms with E-state index in [0.717, 1.165) is 18.5 Å². The smallest absolute Gasteiger partial charge is 0.272 e. The molecule has 0 radical (unpaired) electrons. The second-order valence-electron chi connectivity index (χ2n) is 3.71. The minimum Gasteiger partial charge on any atom is -0.340 e. The molecule has 0 bridgehead atoms. The molecule has 1 amide bonds. The molecule has 0 saturated carbocycles. The van der Waals surface area contributed by atoms with E-state index in [1.807, 2.05) is 25.2 Å². The standard InChI is InChI=1S/C12H14N2O/c1-13-11-10-6-4-3-5-9(10)7-8-14(2)12(11)15/h3-6H,7-8H2,1-2H3/b13-11-. The van der Waals surface area contributed by atoms with Gasteiger partial charge >= 0.3 is 0 Å². The van der Waals surface area contributed by atoms with Crippen LogP contribution in [0, 0.1) is 0 Å². The monoisotopic (exact) mass is 202 g/mol. The molecule has 0 atom stereocenters. The van der Waals surface area contributed by atoms with Crippen LogP contribution in [0.1, 0.15) is 11.1 Å². The molecule has 0 unspecified atom stereocenters. The molecule has 0 spiro atoms. The minimum atomic E-state index is 0.0162. The molecular formula is C12H14N2O. The van der Waals surface area contributed by atoms with Crippen LogP contribution in [0.4, 0.5) is 0 Å². The van der Waals surface area contributed by atoms with Gasteiger partial charge in [0.2, 0.25) is 0 Å². The molecule has 0 aromatic heterocycles. The van der Waals surface area contributed by atoms with Crippen molar-refractivity contribution in [2.75, 3.05) is 20.6 Å². The Morgan fingerprint density at radius 1 is 1.33 bits per heavy atom. The Labute approximate surface area is 89.4 Å². The van der Waals surface area contributed by atoms with E-state index in [4.69, 9.17) is 0 Å². The molecule has 1 aliphatic heterocycles. The Morgan fingerprint density at radius 3 is 2.80 bits per heavy atom. The third-order valence-corrected chi connectivity index (χ3v) is 2.76. The highest BCUT2D eigenvalue weighted by atomic mass is 16.2. The number of nitrogens with zero attached hydrogens (tertiary/aromatic N) is 2. The average molecular weight is 202 g/mol. The first kappa shape index (κ1) is 9.90. The average Bonchev–Trinajstić information content (AvgIpc) is 2.38. The van der Waals surface area contributed by atoms with E-state index in [9.17, 15) is 4.79 Å². The highest BCUT2D eigenvalue weighted by Crippen LogP contribution is 2.16. The topological polar surface area (TPSA) is 32.7 Å². The van der Waals surface area contributed by atoms with E-state index in [-0.39, 0.29) is 5.91 Å². The van der Waals surface area contributed by atoms with E-state index in [1.165, 1.54) is 5.56 Å². The van der Waals surface area contributed by atoms with Crippen molar-refractivity contribution in [2.24, 2.45) is 4.99 Å². The molecule has 1 aromatic carbocycles. The van der Waals surface area contributed by atoms with Crippen molar-refractivity contribution in [1.82, 2.24) is 4.90 Å². The summed E-state index contributed by atoms with van der Waals surface area (Å²) in [5.74, 6) is 0.0162. The number of likely N-dealkylation sites (N-methyl/N-ethyl adjacent to an activating group) is 1. The van der Waals surface area contributed by atoms with Gasteiger partial charge < -0.3 is 4.90 Å². The molecule has 3 heteroatoms. The second kappa shape index (κ2) is 3.85. The quantitative estimate of drug-likeness (QED) is 0.620. The lowest BCUT2D eigenvalue weighted by Gasteiger charge is -2.13. The van der Waals surface area contributed by atoms with Crippen molar-refractivity contribution >= 4 is 11.6 Å². The SMILES string of the molecule is C/N=C1\C(=O)N(C)CCc2ccccc21. The predicted octanol–water partition coefficient (Wildman–Crippen LogP) is 1.12. The van der Waals surface area contributed by atoms with E-state index in [0.29, 0.717) is 5.71 Å². The molecule has 0 saturated heterocycles. The molecule has 15 heavy (non-hydrogen) atoms. The molecule has 78 valence electrons. The first-order valence-corrected chi connectivity index (χ1v) is 5.04. The normalized spacial score (nSPS) is 18.9. The number of benzene rings is 1. The van der Waals surface area contributed by atoms with Crippen molar-refractivity contribution in [2.45, 2.75) is 6.42 Å². The lowest BCUT2D eigenvalue weighted by atomic mass is 10.0. The molecule has 2 rings (SSSR count). The van der Waals surface area contributed by atoms with Crippen molar-refractivity contribution in [3.63, 3.8) is 0 Å². The minimum absolute atomic E-state index is 0.0162. The number of hydrogen-bond donors (Lipinski definition) is 0. The van der Waals surface area contributed by atoms with E-state index < -0.39 is 0 Å². The van der Waals surface area contributed by atoms with Crippen LogP contribution in [-0.2, 0) is 11.2 Å². The lowest BCUT2D eigenvalue weighted by molar-refractivity contribution is -0.122. The van der Waals surface area contributed by atoms with Crippen LogP contribution in [-0.4, -0.2) is 37.2 Å². The molecular weight excluding hydrogens is 188 g/mol. The molecule has 3 nitrogen and oxygen atoms in total. The highest BCUT2D eigenvalue weighted by molar-refractivity contribution is 6.45.